The summed E-state index contributed by atoms with van der Waals surface area (Å²) in [5.41, 5.74) is 5.40. The molecule has 0 spiro atoms. The Morgan fingerprint density at radius 3 is 3.17 bits per heavy atom. The maximum atomic E-state index is 11.4. The average Bonchev–Trinajstić information content (AvgIpc) is 2.86. The molecule has 98 valence electrons. The Bertz CT molecular complexity index is 423. The van der Waals surface area contributed by atoms with E-state index in [9.17, 15) is 4.79 Å². The van der Waals surface area contributed by atoms with Crippen molar-refractivity contribution < 1.29 is 4.79 Å². The zero-order valence-electron chi connectivity index (χ0n) is 10.6. The van der Waals surface area contributed by atoms with Crippen LogP contribution in [0.25, 0.3) is 0 Å². The molecule has 0 aromatic carbocycles. The predicted octanol–water partition coefficient (Wildman–Crippen LogP) is 0.753. The molecule has 3 N–H and O–H groups in total. The summed E-state index contributed by atoms with van der Waals surface area (Å²) in [6, 6.07) is 1.63. The Morgan fingerprint density at radius 2 is 2.44 bits per heavy atom. The van der Waals surface area contributed by atoms with Gasteiger partial charge in [0, 0.05) is 19.2 Å². The van der Waals surface area contributed by atoms with Gasteiger partial charge < -0.3 is 16.0 Å². The third-order valence-electron chi connectivity index (χ3n) is 3.08. The van der Waals surface area contributed by atoms with Gasteiger partial charge in [-0.05, 0) is 19.3 Å². The molecule has 18 heavy (non-hydrogen) atoms. The van der Waals surface area contributed by atoms with Gasteiger partial charge in [0.1, 0.15) is 24.0 Å². The molecule has 6 nitrogen and oxygen atoms in total. The number of nitrogens with two attached hydrogens (primary N) is 1. The minimum absolute atomic E-state index is 0.237. The van der Waals surface area contributed by atoms with Gasteiger partial charge in [-0.15, -0.1) is 0 Å². The quantitative estimate of drug-likeness (QED) is 0.804. The van der Waals surface area contributed by atoms with Gasteiger partial charge in [-0.2, -0.15) is 0 Å². The van der Waals surface area contributed by atoms with Crippen molar-refractivity contribution in [2.24, 2.45) is 5.73 Å². The molecule has 0 radical (unpaired) electrons. The van der Waals surface area contributed by atoms with Crippen LogP contribution in [-0.2, 0) is 4.79 Å². The van der Waals surface area contributed by atoms with E-state index in [1.54, 1.807) is 0 Å². The highest BCUT2D eigenvalue weighted by Crippen LogP contribution is 2.24. The number of amides is 1. The number of anilines is 2. The molecule has 1 amide bonds. The summed E-state index contributed by atoms with van der Waals surface area (Å²) in [5.74, 6) is 1.27. The normalized spacial score (nSPS) is 18.9. The van der Waals surface area contributed by atoms with Crippen LogP contribution in [0.1, 0.15) is 26.2 Å². The Balaban J connectivity index is 2.14. The average molecular weight is 249 g/mol. The number of aromatic nitrogens is 2. The number of rotatable bonds is 5. The summed E-state index contributed by atoms with van der Waals surface area (Å²) in [4.78, 5) is 21.7. The van der Waals surface area contributed by atoms with Crippen LogP contribution in [0.3, 0.4) is 0 Å². The van der Waals surface area contributed by atoms with Crippen LogP contribution in [0.4, 0.5) is 11.6 Å². The lowest BCUT2D eigenvalue weighted by atomic mass is 10.2. The minimum Gasteiger partial charge on any atom is -0.370 e. The molecule has 1 aromatic heterocycles. The third kappa shape index (κ3) is 2.69. The molecule has 1 atom stereocenters. The summed E-state index contributed by atoms with van der Waals surface area (Å²) in [6.07, 6.45) is 4.32. The smallest absolute Gasteiger partial charge is 0.240 e. The summed E-state index contributed by atoms with van der Waals surface area (Å²) in [7, 11) is 0. The van der Waals surface area contributed by atoms with Gasteiger partial charge in [-0.25, -0.2) is 9.97 Å². The molecule has 2 heterocycles. The van der Waals surface area contributed by atoms with Crippen molar-refractivity contribution in [3.63, 3.8) is 0 Å². The molecule has 0 saturated carbocycles. The van der Waals surface area contributed by atoms with Crippen LogP contribution in [-0.4, -0.2) is 35.0 Å². The van der Waals surface area contributed by atoms with Crippen molar-refractivity contribution in [1.29, 1.82) is 0 Å². The fourth-order valence-electron chi connectivity index (χ4n) is 2.19. The molecule has 1 aromatic rings. The Labute approximate surface area is 107 Å². The number of nitrogens with one attached hydrogen (secondary N) is 1. The van der Waals surface area contributed by atoms with Crippen LogP contribution in [0, 0.1) is 0 Å². The van der Waals surface area contributed by atoms with Gasteiger partial charge in [0.2, 0.25) is 5.91 Å². The number of hydrogen-bond donors (Lipinski definition) is 2. The predicted molar refractivity (Wildman–Crippen MR) is 70.4 cm³/mol. The molecule has 1 saturated heterocycles. The highest BCUT2D eigenvalue weighted by molar-refractivity contribution is 5.84. The van der Waals surface area contributed by atoms with E-state index in [4.69, 9.17) is 5.73 Å². The molecule has 1 aliphatic rings. The van der Waals surface area contributed by atoms with E-state index in [-0.39, 0.29) is 11.9 Å². The Morgan fingerprint density at radius 1 is 1.61 bits per heavy atom. The number of hydrogen-bond acceptors (Lipinski definition) is 5. The standard InChI is InChI=1S/C12H19N5O/c1-2-5-14-10-7-11(16-8-15-10)17-6-3-4-9(17)12(13)18/h7-9H,2-6H2,1H3,(H2,13,18)(H,14,15,16). The summed E-state index contributed by atoms with van der Waals surface area (Å²) in [6.45, 7) is 3.78. The van der Waals surface area contributed by atoms with E-state index >= 15 is 0 Å². The second-order valence-electron chi connectivity index (χ2n) is 4.44. The van der Waals surface area contributed by atoms with Crippen LogP contribution in [0.15, 0.2) is 12.4 Å². The number of carbonyl (C=O) groups is 1. The molecule has 1 fully saturated rings. The monoisotopic (exact) mass is 249 g/mol. The molecular formula is C12H19N5O. The van der Waals surface area contributed by atoms with Gasteiger partial charge in [-0.1, -0.05) is 6.92 Å². The summed E-state index contributed by atoms with van der Waals surface area (Å²) < 4.78 is 0. The second-order valence-corrected chi connectivity index (χ2v) is 4.44. The van der Waals surface area contributed by atoms with E-state index in [1.807, 2.05) is 11.0 Å². The summed E-state index contributed by atoms with van der Waals surface area (Å²) in [5, 5.41) is 3.21. The fourth-order valence-corrected chi connectivity index (χ4v) is 2.19. The van der Waals surface area contributed by atoms with Crippen LogP contribution in [0.5, 0.6) is 0 Å². The SMILES string of the molecule is CCCNc1cc(N2CCCC2C(N)=O)ncn1. The molecule has 6 heteroatoms. The lowest BCUT2D eigenvalue weighted by Crippen LogP contribution is -2.40. The van der Waals surface area contributed by atoms with E-state index in [2.05, 4.69) is 22.2 Å². The van der Waals surface area contributed by atoms with Crippen molar-refractivity contribution in [1.82, 2.24) is 9.97 Å². The maximum Gasteiger partial charge on any atom is 0.240 e. The van der Waals surface area contributed by atoms with Gasteiger partial charge in [-0.3, -0.25) is 4.79 Å². The first-order valence-corrected chi connectivity index (χ1v) is 6.34. The lowest BCUT2D eigenvalue weighted by Gasteiger charge is -2.23. The zero-order chi connectivity index (χ0) is 13.0. The first-order chi connectivity index (χ1) is 8.72. The van der Waals surface area contributed by atoms with Gasteiger partial charge in [0.15, 0.2) is 0 Å². The number of primary amides is 1. The van der Waals surface area contributed by atoms with Gasteiger partial charge >= 0.3 is 0 Å². The highest BCUT2D eigenvalue weighted by atomic mass is 16.1. The van der Waals surface area contributed by atoms with Crippen molar-refractivity contribution in [3.05, 3.63) is 12.4 Å². The maximum absolute atomic E-state index is 11.4. The summed E-state index contributed by atoms with van der Waals surface area (Å²) >= 11 is 0. The first-order valence-electron chi connectivity index (χ1n) is 6.34. The first kappa shape index (κ1) is 12.6. The lowest BCUT2D eigenvalue weighted by molar-refractivity contribution is -0.119. The topological polar surface area (TPSA) is 84.1 Å². The molecule has 2 rings (SSSR count). The number of nitrogens with zero attached hydrogens (tertiary/aromatic N) is 3. The van der Waals surface area contributed by atoms with E-state index < -0.39 is 0 Å². The van der Waals surface area contributed by atoms with Crippen LogP contribution in [0.2, 0.25) is 0 Å². The highest BCUT2D eigenvalue weighted by Gasteiger charge is 2.30. The molecular weight excluding hydrogens is 230 g/mol. The molecule has 1 unspecified atom stereocenters. The Hall–Kier alpha value is -1.85. The second kappa shape index (κ2) is 5.66. The van der Waals surface area contributed by atoms with Crippen molar-refractivity contribution in [2.75, 3.05) is 23.3 Å². The van der Waals surface area contributed by atoms with Crippen molar-refractivity contribution in [2.45, 2.75) is 32.2 Å². The van der Waals surface area contributed by atoms with E-state index in [0.29, 0.717) is 0 Å². The van der Waals surface area contributed by atoms with Crippen molar-refractivity contribution >= 4 is 17.5 Å². The molecule has 0 bridgehead atoms. The van der Waals surface area contributed by atoms with E-state index in [0.717, 1.165) is 44.0 Å². The zero-order valence-corrected chi connectivity index (χ0v) is 10.6. The Kier molecular flexibility index (Phi) is 3.96. The van der Waals surface area contributed by atoms with Gasteiger partial charge in [0.05, 0.1) is 0 Å². The third-order valence-corrected chi connectivity index (χ3v) is 3.08. The molecule has 0 aliphatic carbocycles. The molecule has 1 aliphatic heterocycles. The largest absolute Gasteiger partial charge is 0.370 e. The minimum atomic E-state index is -0.283. The number of carbonyl (C=O) groups excluding carboxylic acids is 1. The van der Waals surface area contributed by atoms with Crippen molar-refractivity contribution in [3.8, 4) is 0 Å². The van der Waals surface area contributed by atoms with E-state index in [1.165, 1.54) is 6.33 Å². The van der Waals surface area contributed by atoms with Crippen LogP contribution >= 0.6 is 0 Å². The van der Waals surface area contributed by atoms with Crippen LogP contribution < -0.4 is 16.0 Å². The fraction of sp³-hybridized carbons (Fsp3) is 0.583. The van der Waals surface area contributed by atoms with Gasteiger partial charge in [0.25, 0.3) is 0 Å².